The number of aromatic nitrogens is 2. The first kappa shape index (κ1) is 14.8. The molecule has 1 atom stereocenters. The Balaban J connectivity index is 2.10. The molecule has 1 aliphatic rings. The molecular formula is C18H23N3O. The maximum Gasteiger partial charge on any atom is 0.165 e. The van der Waals surface area contributed by atoms with Crippen molar-refractivity contribution in [3.05, 3.63) is 47.7 Å². The van der Waals surface area contributed by atoms with Crippen LogP contribution in [0.3, 0.4) is 0 Å². The molecule has 116 valence electrons. The number of hydrogen-bond acceptors (Lipinski definition) is 3. The molecule has 4 nitrogen and oxygen atoms in total. The summed E-state index contributed by atoms with van der Waals surface area (Å²) in [4.78, 5) is 11.9. The molecule has 0 amide bonds. The summed E-state index contributed by atoms with van der Waals surface area (Å²) in [6, 6.07) is 10.7. The fraction of sp³-hybridized carbons (Fsp3) is 0.444. The third kappa shape index (κ3) is 2.23. The SMILES string of the molecule is CCC1(CC)CC(c2ccccc2)Nc2c(C(C)=O)cnn21. The maximum atomic E-state index is 11.9. The van der Waals surface area contributed by atoms with Crippen molar-refractivity contribution in [2.45, 2.75) is 51.6 Å². The lowest BCUT2D eigenvalue weighted by Gasteiger charge is -2.42. The minimum absolute atomic E-state index is 0.0329. The molecule has 4 heteroatoms. The number of fused-ring (bicyclic) bond motifs is 1. The number of anilines is 1. The molecule has 1 N–H and O–H groups in total. The van der Waals surface area contributed by atoms with E-state index in [9.17, 15) is 4.79 Å². The van der Waals surface area contributed by atoms with Gasteiger partial charge < -0.3 is 5.32 Å². The van der Waals surface area contributed by atoms with Crippen LogP contribution in [0.2, 0.25) is 0 Å². The summed E-state index contributed by atoms with van der Waals surface area (Å²) >= 11 is 0. The minimum atomic E-state index is -0.0329. The van der Waals surface area contributed by atoms with Crippen LogP contribution in [0.1, 0.15) is 62.0 Å². The topological polar surface area (TPSA) is 46.9 Å². The minimum Gasteiger partial charge on any atom is -0.363 e. The van der Waals surface area contributed by atoms with Gasteiger partial charge in [-0.25, -0.2) is 4.68 Å². The fourth-order valence-corrected chi connectivity index (χ4v) is 3.51. The Kier molecular flexibility index (Phi) is 3.77. The van der Waals surface area contributed by atoms with Crippen molar-refractivity contribution in [3.63, 3.8) is 0 Å². The summed E-state index contributed by atoms with van der Waals surface area (Å²) < 4.78 is 2.04. The number of nitrogens with one attached hydrogen (secondary N) is 1. The second-order valence-electron chi connectivity index (χ2n) is 6.12. The van der Waals surface area contributed by atoms with E-state index in [1.165, 1.54) is 5.56 Å². The standard InChI is InChI=1S/C18H23N3O/c1-4-18(5-2)11-16(14-9-7-6-8-10-14)20-17-15(13(3)22)12-19-21(17)18/h6-10,12,16,20H,4-5,11H2,1-3H3. The first-order chi connectivity index (χ1) is 10.6. The van der Waals surface area contributed by atoms with Crippen molar-refractivity contribution in [1.29, 1.82) is 0 Å². The van der Waals surface area contributed by atoms with Crippen LogP contribution in [-0.4, -0.2) is 15.6 Å². The van der Waals surface area contributed by atoms with Crippen molar-refractivity contribution in [2.24, 2.45) is 0 Å². The number of rotatable bonds is 4. The summed E-state index contributed by atoms with van der Waals surface area (Å²) in [5.41, 5.74) is 1.91. The Bertz CT molecular complexity index is 671. The first-order valence-corrected chi connectivity index (χ1v) is 8.02. The molecule has 0 radical (unpaired) electrons. The average molecular weight is 297 g/mol. The van der Waals surface area contributed by atoms with Gasteiger partial charge in [-0.3, -0.25) is 4.79 Å². The zero-order valence-electron chi connectivity index (χ0n) is 13.5. The van der Waals surface area contributed by atoms with Crippen molar-refractivity contribution in [1.82, 2.24) is 9.78 Å². The summed E-state index contributed by atoms with van der Waals surface area (Å²) in [5.74, 6) is 0.930. The second kappa shape index (κ2) is 5.59. The van der Waals surface area contributed by atoms with Crippen LogP contribution < -0.4 is 5.32 Å². The third-order valence-electron chi connectivity index (χ3n) is 5.01. The number of Topliss-reactive ketones (excluding diaryl/α,β-unsaturated/α-hetero) is 1. The molecule has 1 aromatic heterocycles. The van der Waals surface area contributed by atoms with Gasteiger partial charge in [0.2, 0.25) is 0 Å². The van der Waals surface area contributed by atoms with Crippen molar-refractivity contribution < 1.29 is 4.79 Å². The van der Waals surface area contributed by atoms with E-state index in [4.69, 9.17) is 0 Å². The van der Waals surface area contributed by atoms with Gasteiger partial charge in [-0.2, -0.15) is 5.10 Å². The van der Waals surface area contributed by atoms with Crippen LogP contribution in [0.15, 0.2) is 36.5 Å². The van der Waals surface area contributed by atoms with Gasteiger partial charge in [0, 0.05) is 0 Å². The van der Waals surface area contributed by atoms with E-state index >= 15 is 0 Å². The zero-order chi connectivity index (χ0) is 15.7. The lowest BCUT2D eigenvalue weighted by atomic mass is 9.82. The van der Waals surface area contributed by atoms with Crippen molar-refractivity contribution in [3.8, 4) is 0 Å². The summed E-state index contributed by atoms with van der Waals surface area (Å²) in [7, 11) is 0. The van der Waals surface area contributed by atoms with Crippen LogP contribution in [0.4, 0.5) is 5.82 Å². The molecule has 0 bridgehead atoms. The van der Waals surface area contributed by atoms with Crippen molar-refractivity contribution >= 4 is 11.6 Å². The summed E-state index contributed by atoms with van der Waals surface area (Å²) in [6.07, 6.45) is 4.69. The highest BCUT2D eigenvalue weighted by Crippen LogP contribution is 2.43. The number of nitrogens with zero attached hydrogens (tertiary/aromatic N) is 2. The van der Waals surface area contributed by atoms with Gasteiger partial charge in [-0.05, 0) is 31.7 Å². The van der Waals surface area contributed by atoms with Crippen LogP contribution in [0, 0.1) is 0 Å². The Morgan fingerprint density at radius 3 is 2.59 bits per heavy atom. The highest BCUT2D eigenvalue weighted by molar-refractivity contribution is 5.98. The molecule has 0 spiro atoms. The average Bonchev–Trinajstić information content (AvgIpc) is 2.99. The van der Waals surface area contributed by atoms with Gasteiger partial charge in [-0.1, -0.05) is 44.2 Å². The predicted octanol–water partition coefficient (Wildman–Crippen LogP) is 4.16. The molecular weight excluding hydrogens is 274 g/mol. The number of carbonyl (C=O) groups excluding carboxylic acids is 1. The smallest absolute Gasteiger partial charge is 0.165 e. The predicted molar refractivity (Wildman–Crippen MR) is 88.2 cm³/mol. The van der Waals surface area contributed by atoms with Gasteiger partial charge in [-0.15, -0.1) is 0 Å². The maximum absolute atomic E-state index is 11.9. The Labute approximate surface area is 131 Å². The van der Waals surface area contributed by atoms with E-state index in [-0.39, 0.29) is 17.4 Å². The molecule has 2 aromatic rings. The van der Waals surface area contributed by atoms with E-state index in [2.05, 4.69) is 48.5 Å². The van der Waals surface area contributed by atoms with Crippen LogP contribution >= 0.6 is 0 Å². The fourth-order valence-electron chi connectivity index (χ4n) is 3.51. The lowest BCUT2D eigenvalue weighted by molar-refractivity contribution is 0.101. The normalized spacial score (nSPS) is 19.3. The zero-order valence-corrected chi connectivity index (χ0v) is 13.5. The molecule has 1 unspecified atom stereocenters. The molecule has 0 saturated heterocycles. The Morgan fingerprint density at radius 1 is 1.32 bits per heavy atom. The highest BCUT2D eigenvalue weighted by atomic mass is 16.1. The number of hydrogen-bond donors (Lipinski definition) is 1. The number of benzene rings is 1. The molecule has 0 saturated carbocycles. The monoisotopic (exact) mass is 297 g/mol. The van der Waals surface area contributed by atoms with E-state index < -0.39 is 0 Å². The molecule has 3 rings (SSSR count). The van der Waals surface area contributed by atoms with Crippen LogP contribution in [0.25, 0.3) is 0 Å². The molecule has 1 aliphatic heterocycles. The molecule has 2 heterocycles. The molecule has 0 aliphatic carbocycles. The molecule has 22 heavy (non-hydrogen) atoms. The number of carbonyl (C=O) groups is 1. The quantitative estimate of drug-likeness (QED) is 0.862. The van der Waals surface area contributed by atoms with E-state index in [0.29, 0.717) is 5.56 Å². The summed E-state index contributed by atoms with van der Waals surface area (Å²) in [5, 5.41) is 8.08. The van der Waals surface area contributed by atoms with E-state index in [1.807, 2.05) is 10.7 Å². The van der Waals surface area contributed by atoms with E-state index in [0.717, 1.165) is 25.1 Å². The molecule has 1 aromatic carbocycles. The first-order valence-electron chi connectivity index (χ1n) is 8.02. The molecule has 0 fully saturated rings. The van der Waals surface area contributed by atoms with Crippen LogP contribution in [-0.2, 0) is 5.54 Å². The number of ketones is 1. The Hall–Kier alpha value is -2.10. The second-order valence-corrected chi connectivity index (χ2v) is 6.12. The van der Waals surface area contributed by atoms with Crippen LogP contribution in [0.5, 0.6) is 0 Å². The summed E-state index contributed by atoms with van der Waals surface area (Å²) in [6.45, 7) is 6.01. The third-order valence-corrected chi connectivity index (χ3v) is 5.01. The van der Waals surface area contributed by atoms with Gasteiger partial charge in [0.15, 0.2) is 5.78 Å². The largest absolute Gasteiger partial charge is 0.363 e. The van der Waals surface area contributed by atoms with Gasteiger partial charge >= 0.3 is 0 Å². The van der Waals surface area contributed by atoms with Crippen molar-refractivity contribution in [2.75, 3.05) is 5.32 Å². The Morgan fingerprint density at radius 2 is 2.00 bits per heavy atom. The van der Waals surface area contributed by atoms with E-state index in [1.54, 1.807) is 13.1 Å². The van der Waals surface area contributed by atoms with Gasteiger partial charge in [0.25, 0.3) is 0 Å². The van der Waals surface area contributed by atoms with Gasteiger partial charge in [0.1, 0.15) is 5.82 Å². The van der Waals surface area contributed by atoms with Gasteiger partial charge in [0.05, 0.1) is 23.3 Å². The highest BCUT2D eigenvalue weighted by Gasteiger charge is 2.40. The lowest BCUT2D eigenvalue weighted by Crippen LogP contribution is -2.42.